The molecular formula is C19H30N4O2. The molecule has 2 aliphatic rings. The van der Waals surface area contributed by atoms with Crippen LogP contribution in [0.5, 0.6) is 0 Å². The van der Waals surface area contributed by atoms with E-state index in [2.05, 4.69) is 22.1 Å². The van der Waals surface area contributed by atoms with E-state index in [4.69, 9.17) is 0 Å². The molecule has 0 aliphatic carbocycles. The molecule has 0 radical (unpaired) electrons. The van der Waals surface area contributed by atoms with Crippen LogP contribution in [-0.2, 0) is 11.3 Å². The maximum absolute atomic E-state index is 13.1. The minimum atomic E-state index is -0.106. The lowest BCUT2D eigenvalue weighted by atomic mass is 9.99. The van der Waals surface area contributed by atoms with Gasteiger partial charge in [-0.25, -0.2) is 0 Å². The Morgan fingerprint density at radius 3 is 2.56 bits per heavy atom. The van der Waals surface area contributed by atoms with Crippen LogP contribution in [0.25, 0.3) is 0 Å². The van der Waals surface area contributed by atoms with Crippen LogP contribution < -0.4 is 10.9 Å². The van der Waals surface area contributed by atoms with Crippen molar-refractivity contribution in [3.05, 3.63) is 34.2 Å². The maximum Gasteiger partial charge on any atom is 0.247 e. The minimum Gasteiger partial charge on any atom is -0.334 e. The zero-order chi connectivity index (χ0) is 17.6. The second-order valence-electron chi connectivity index (χ2n) is 7.52. The van der Waals surface area contributed by atoms with Gasteiger partial charge in [0, 0.05) is 24.8 Å². The number of hydrogen-bond donors (Lipinski definition) is 2. The van der Waals surface area contributed by atoms with E-state index in [0.29, 0.717) is 13.1 Å². The Bertz CT molecular complexity index is 596. The number of carbonyl (C=O) groups excluding carboxylic acids is 1. The molecule has 3 heterocycles. The quantitative estimate of drug-likeness (QED) is 0.840. The van der Waals surface area contributed by atoms with Gasteiger partial charge in [0.05, 0.1) is 6.54 Å². The lowest BCUT2D eigenvalue weighted by Gasteiger charge is -2.37. The molecule has 2 N–H and O–H groups in total. The first kappa shape index (κ1) is 18.1. The van der Waals surface area contributed by atoms with Crippen LogP contribution >= 0.6 is 0 Å². The highest BCUT2D eigenvalue weighted by Crippen LogP contribution is 2.19. The number of piperidine rings is 2. The van der Waals surface area contributed by atoms with Crippen molar-refractivity contribution in [2.75, 3.05) is 32.7 Å². The molecule has 0 unspecified atom stereocenters. The third-order valence-corrected chi connectivity index (χ3v) is 5.51. The molecule has 6 nitrogen and oxygen atoms in total. The predicted molar refractivity (Wildman–Crippen MR) is 98.3 cm³/mol. The second kappa shape index (κ2) is 8.63. The summed E-state index contributed by atoms with van der Waals surface area (Å²) in [5.41, 5.74) is 0.879. The summed E-state index contributed by atoms with van der Waals surface area (Å²) in [6, 6.07) is 3.64. The number of H-pyrrole nitrogens is 1. The zero-order valence-electron chi connectivity index (χ0n) is 15.2. The number of amides is 1. The minimum absolute atomic E-state index is 0.106. The van der Waals surface area contributed by atoms with E-state index in [1.807, 2.05) is 11.0 Å². The highest BCUT2D eigenvalue weighted by molar-refractivity contribution is 5.78. The molecule has 6 heteroatoms. The summed E-state index contributed by atoms with van der Waals surface area (Å²) in [7, 11) is 0. The van der Waals surface area contributed by atoms with Gasteiger partial charge in [0.25, 0.3) is 0 Å². The summed E-state index contributed by atoms with van der Waals surface area (Å²) in [5, 5.41) is 3.37. The van der Waals surface area contributed by atoms with Crippen LogP contribution in [0.4, 0.5) is 0 Å². The summed E-state index contributed by atoms with van der Waals surface area (Å²) in [5.74, 6) is 0.987. The number of rotatable bonds is 5. The van der Waals surface area contributed by atoms with Crippen molar-refractivity contribution in [2.24, 2.45) is 5.92 Å². The van der Waals surface area contributed by atoms with Crippen molar-refractivity contribution >= 4 is 5.91 Å². The number of nitrogens with one attached hydrogen (secondary N) is 2. The summed E-state index contributed by atoms with van der Waals surface area (Å²) >= 11 is 0. The number of pyridine rings is 1. The molecule has 0 aromatic carbocycles. The molecule has 0 saturated carbocycles. The van der Waals surface area contributed by atoms with Gasteiger partial charge in [-0.1, -0.05) is 13.0 Å². The van der Waals surface area contributed by atoms with Crippen LogP contribution in [0.2, 0.25) is 0 Å². The van der Waals surface area contributed by atoms with E-state index >= 15 is 0 Å². The Balaban J connectivity index is 1.67. The molecule has 2 aliphatic heterocycles. The molecular weight excluding hydrogens is 316 g/mol. The Hall–Kier alpha value is -1.66. The Labute approximate surface area is 149 Å². The van der Waals surface area contributed by atoms with Crippen molar-refractivity contribution in [1.29, 1.82) is 0 Å². The van der Waals surface area contributed by atoms with Crippen molar-refractivity contribution in [2.45, 2.75) is 45.2 Å². The van der Waals surface area contributed by atoms with Crippen molar-refractivity contribution in [3.8, 4) is 0 Å². The van der Waals surface area contributed by atoms with Gasteiger partial charge in [0.15, 0.2) is 0 Å². The van der Waals surface area contributed by atoms with Gasteiger partial charge >= 0.3 is 0 Å². The average molecular weight is 346 g/mol. The second-order valence-corrected chi connectivity index (χ2v) is 7.52. The number of aromatic nitrogens is 1. The molecule has 1 aromatic heterocycles. The van der Waals surface area contributed by atoms with Gasteiger partial charge < -0.3 is 15.2 Å². The predicted octanol–water partition coefficient (Wildman–Crippen LogP) is 1.19. The first-order chi connectivity index (χ1) is 12.1. The number of aromatic amines is 1. The fourth-order valence-electron chi connectivity index (χ4n) is 3.78. The van der Waals surface area contributed by atoms with E-state index < -0.39 is 0 Å². The molecule has 0 spiro atoms. The molecule has 3 rings (SSSR count). The molecule has 1 aromatic rings. The Morgan fingerprint density at radius 1 is 1.20 bits per heavy atom. The number of nitrogens with zero attached hydrogens (tertiary/aromatic N) is 2. The molecule has 138 valence electrons. The maximum atomic E-state index is 13.1. The number of carbonyl (C=O) groups is 1. The third-order valence-electron chi connectivity index (χ3n) is 5.51. The summed E-state index contributed by atoms with van der Waals surface area (Å²) < 4.78 is 0. The SMILES string of the molecule is CC1CCN(CC(=O)N(Cc2ccc(=O)[nH]c2)C2CCNCC2)CC1. The molecule has 0 atom stereocenters. The van der Waals surface area contributed by atoms with Crippen LogP contribution in [0.1, 0.15) is 38.2 Å². The topological polar surface area (TPSA) is 68.4 Å². The fraction of sp³-hybridized carbons (Fsp3) is 0.684. The van der Waals surface area contributed by atoms with E-state index in [1.54, 1.807) is 6.20 Å². The smallest absolute Gasteiger partial charge is 0.247 e. The fourth-order valence-corrected chi connectivity index (χ4v) is 3.78. The normalized spacial score (nSPS) is 20.5. The van der Waals surface area contributed by atoms with E-state index in [-0.39, 0.29) is 17.5 Å². The Kier molecular flexibility index (Phi) is 6.26. The number of hydrogen-bond acceptors (Lipinski definition) is 4. The highest BCUT2D eigenvalue weighted by Gasteiger charge is 2.27. The average Bonchev–Trinajstić information content (AvgIpc) is 2.64. The molecule has 2 saturated heterocycles. The standard InChI is InChI=1S/C19H30N4O2/c1-15-6-10-22(11-7-15)14-19(25)23(17-4-8-20-9-5-17)13-16-2-3-18(24)21-12-16/h2-3,12,15,17,20H,4-11,13-14H2,1H3,(H,21,24). The van der Waals surface area contributed by atoms with Gasteiger partial charge in [-0.05, 0) is 63.3 Å². The van der Waals surface area contributed by atoms with E-state index in [9.17, 15) is 9.59 Å². The number of likely N-dealkylation sites (tertiary alicyclic amines) is 1. The van der Waals surface area contributed by atoms with Crippen LogP contribution in [0.15, 0.2) is 23.1 Å². The third kappa shape index (κ3) is 5.16. The molecule has 0 bridgehead atoms. The summed E-state index contributed by atoms with van der Waals surface area (Å²) in [6.45, 7) is 7.33. The van der Waals surface area contributed by atoms with Gasteiger partial charge in [0.2, 0.25) is 11.5 Å². The van der Waals surface area contributed by atoms with Crippen molar-refractivity contribution in [3.63, 3.8) is 0 Å². The summed E-state index contributed by atoms with van der Waals surface area (Å²) in [4.78, 5) is 31.4. The van der Waals surface area contributed by atoms with E-state index in [1.165, 1.54) is 18.9 Å². The zero-order valence-corrected chi connectivity index (χ0v) is 15.2. The highest BCUT2D eigenvalue weighted by atomic mass is 16.2. The van der Waals surface area contributed by atoms with Crippen LogP contribution in [-0.4, -0.2) is 59.5 Å². The lowest BCUT2D eigenvalue weighted by Crippen LogP contribution is -2.49. The van der Waals surface area contributed by atoms with Gasteiger partial charge in [-0.3, -0.25) is 14.5 Å². The van der Waals surface area contributed by atoms with Gasteiger partial charge in [0.1, 0.15) is 0 Å². The van der Waals surface area contributed by atoms with Crippen molar-refractivity contribution < 1.29 is 4.79 Å². The summed E-state index contributed by atoms with van der Waals surface area (Å²) in [6.07, 6.45) is 6.08. The van der Waals surface area contributed by atoms with Crippen LogP contribution in [0.3, 0.4) is 0 Å². The van der Waals surface area contributed by atoms with Crippen molar-refractivity contribution in [1.82, 2.24) is 20.1 Å². The first-order valence-electron chi connectivity index (χ1n) is 9.52. The first-order valence-corrected chi connectivity index (χ1v) is 9.52. The monoisotopic (exact) mass is 346 g/mol. The Morgan fingerprint density at radius 2 is 1.92 bits per heavy atom. The molecule has 1 amide bonds. The molecule has 25 heavy (non-hydrogen) atoms. The molecule has 2 fully saturated rings. The van der Waals surface area contributed by atoms with Gasteiger partial charge in [-0.15, -0.1) is 0 Å². The lowest BCUT2D eigenvalue weighted by molar-refractivity contribution is -0.136. The van der Waals surface area contributed by atoms with Crippen LogP contribution in [0, 0.1) is 5.92 Å². The van der Waals surface area contributed by atoms with E-state index in [0.717, 1.165) is 50.5 Å². The van der Waals surface area contributed by atoms with Gasteiger partial charge in [-0.2, -0.15) is 0 Å². The largest absolute Gasteiger partial charge is 0.334 e.